The van der Waals surface area contributed by atoms with Gasteiger partial charge in [0.15, 0.2) is 0 Å². The van der Waals surface area contributed by atoms with Gasteiger partial charge in [0.1, 0.15) is 0 Å². The van der Waals surface area contributed by atoms with E-state index in [-0.39, 0.29) is 17.8 Å². The van der Waals surface area contributed by atoms with Gasteiger partial charge in [-0.15, -0.1) is 0 Å². The van der Waals surface area contributed by atoms with Gasteiger partial charge in [0.2, 0.25) is 0 Å². The summed E-state index contributed by atoms with van der Waals surface area (Å²) in [6.07, 6.45) is 0.685. The molecule has 0 bridgehead atoms. The van der Waals surface area contributed by atoms with Crippen LogP contribution in [-0.2, 0) is 9.53 Å². The molecule has 1 unspecified atom stereocenters. The van der Waals surface area contributed by atoms with Crippen LogP contribution in [0.4, 0.5) is 0 Å². The van der Waals surface area contributed by atoms with Crippen LogP contribution in [0.25, 0.3) is 0 Å². The summed E-state index contributed by atoms with van der Waals surface area (Å²) < 4.78 is 4.71. The molecule has 4 nitrogen and oxygen atoms in total. The summed E-state index contributed by atoms with van der Waals surface area (Å²) in [6, 6.07) is 7.50. The monoisotopic (exact) mass is 247 g/mol. The lowest BCUT2D eigenvalue weighted by molar-refractivity contribution is -0.144. The lowest BCUT2D eigenvalue weighted by Crippen LogP contribution is -2.30. The minimum absolute atomic E-state index is 0.00916. The van der Waals surface area contributed by atoms with Gasteiger partial charge in [-0.05, 0) is 25.5 Å². The van der Waals surface area contributed by atoms with Gasteiger partial charge < -0.3 is 9.64 Å². The maximum atomic E-state index is 12.2. The van der Waals surface area contributed by atoms with Gasteiger partial charge in [-0.2, -0.15) is 0 Å². The third-order valence-corrected chi connectivity index (χ3v) is 3.28. The number of aryl methyl sites for hydroxylation is 1. The van der Waals surface area contributed by atoms with Crippen LogP contribution in [0, 0.1) is 12.8 Å². The van der Waals surface area contributed by atoms with Crippen molar-refractivity contribution >= 4 is 11.9 Å². The van der Waals surface area contributed by atoms with Crippen molar-refractivity contribution in [3.8, 4) is 0 Å². The summed E-state index contributed by atoms with van der Waals surface area (Å²) in [5, 5.41) is 0. The first-order valence-corrected chi connectivity index (χ1v) is 6.05. The van der Waals surface area contributed by atoms with E-state index < -0.39 is 0 Å². The van der Waals surface area contributed by atoms with Gasteiger partial charge in [0.05, 0.1) is 13.0 Å². The molecule has 18 heavy (non-hydrogen) atoms. The molecule has 0 aromatic heterocycles. The van der Waals surface area contributed by atoms with Crippen molar-refractivity contribution < 1.29 is 14.3 Å². The van der Waals surface area contributed by atoms with Gasteiger partial charge >= 0.3 is 5.97 Å². The predicted octanol–water partition coefficient (Wildman–Crippen LogP) is 1.63. The number of rotatable bonds is 2. The average Bonchev–Trinajstić information content (AvgIpc) is 2.86. The van der Waals surface area contributed by atoms with Gasteiger partial charge in [0.25, 0.3) is 5.91 Å². The number of hydrogen-bond acceptors (Lipinski definition) is 3. The first kappa shape index (κ1) is 12.6. The molecule has 1 aliphatic rings. The number of esters is 1. The third-order valence-electron chi connectivity index (χ3n) is 3.28. The molecule has 96 valence electrons. The van der Waals surface area contributed by atoms with E-state index in [0.29, 0.717) is 25.1 Å². The summed E-state index contributed by atoms with van der Waals surface area (Å²) >= 11 is 0. The summed E-state index contributed by atoms with van der Waals surface area (Å²) in [6.45, 7) is 3.03. The Morgan fingerprint density at radius 3 is 2.83 bits per heavy atom. The third kappa shape index (κ3) is 2.53. The average molecular weight is 247 g/mol. The molecule has 1 aliphatic heterocycles. The predicted molar refractivity (Wildman–Crippen MR) is 67.2 cm³/mol. The molecule has 0 saturated carbocycles. The SMILES string of the molecule is COC(=O)C1CCN(C(=O)c2cccc(C)c2)C1. The Morgan fingerprint density at radius 1 is 1.39 bits per heavy atom. The lowest BCUT2D eigenvalue weighted by Gasteiger charge is -2.16. The van der Waals surface area contributed by atoms with E-state index in [1.54, 1.807) is 11.0 Å². The fraction of sp³-hybridized carbons (Fsp3) is 0.429. The van der Waals surface area contributed by atoms with Gasteiger partial charge in [-0.3, -0.25) is 9.59 Å². The number of amides is 1. The molecule has 1 heterocycles. The van der Waals surface area contributed by atoms with Crippen LogP contribution in [0.5, 0.6) is 0 Å². The molecule has 1 saturated heterocycles. The van der Waals surface area contributed by atoms with Crippen molar-refractivity contribution in [3.05, 3.63) is 35.4 Å². The molecule has 2 rings (SSSR count). The van der Waals surface area contributed by atoms with E-state index >= 15 is 0 Å². The molecule has 4 heteroatoms. The Balaban J connectivity index is 2.06. The van der Waals surface area contributed by atoms with E-state index in [2.05, 4.69) is 0 Å². The largest absolute Gasteiger partial charge is 0.469 e. The Bertz CT molecular complexity index is 470. The quantitative estimate of drug-likeness (QED) is 0.746. The minimum Gasteiger partial charge on any atom is -0.469 e. The summed E-state index contributed by atoms with van der Waals surface area (Å²) in [5.41, 5.74) is 1.74. The molecule has 1 atom stereocenters. The zero-order valence-corrected chi connectivity index (χ0v) is 10.7. The fourth-order valence-corrected chi connectivity index (χ4v) is 2.26. The Hall–Kier alpha value is -1.84. The molecule has 1 fully saturated rings. The summed E-state index contributed by atoms with van der Waals surface area (Å²) in [5.74, 6) is -0.414. The first-order valence-electron chi connectivity index (χ1n) is 6.05. The van der Waals surface area contributed by atoms with Crippen LogP contribution in [0.1, 0.15) is 22.3 Å². The van der Waals surface area contributed by atoms with Gasteiger partial charge in [-0.25, -0.2) is 0 Å². The fourth-order valence-electron chi connectivity index (χ4n) is 2.26. The lowest BCUT2D eigenvalue weighted by atomic mass is 10.1. The molecule has 0 radical (unpaired) electrons. The maximum absolute atomic E-state index is 12.2. The molecule has 1 aromatic rings. The Morgan fingerprint density at radius 2 is 2.17 bits per heavy atom. The molecule has 0 spiro atoms. The molecular weight excluding hydrogens is 230 g/mol. The van der Waals surface area contributed by atoms with E-state index in [1.807, 2.05) is 25.1 Å². The van der Waals surface area contributed by atoms with Gasteiger partial charge in [-0.1, -0.05) is 17.7 Å². The van der Waals surface area contributed by atoms with Crippen molar-refractivity contribution in [1.82, 2.24) is 4.90 Å². The zero-order chi connectivity index (χ0) is 13.1. The summed E-state index contributed by atoms with van der Waals surface area (Å²) in [7, 11) is 1.38. The zero-order valence-electron chi connectivity index (χ0n) is 10.7. The highest BCUT2D eigenvalue weighted by Crippen LogP contribution is 2.20. The molecule has 0 N–H and O–H groups in total. The van der Waals surface area contributed by atoms with E-state index in [9.17, 15) is 9.59 Å². The van der Waals surface area contributed by atoms with E-state index in [1.165, 1.54) is 7.11 Å². The smallest absolute Gasteiger partial charge is 0.310 e. The van der Waals surface area contributed by atoms with Crippen LogP contribution in [-0.4, -0.2) is 37.0 Å². The second-order valence-electron chi connectivity index (χ2n) is 4.63. The highest BCUT2D eigenvalue weighted by atomic mass is 16.5. The maximum Gasteiger partial charge on any atom is 0.310 e. The molecule has 1 amide bonds. The number of likely N-dealkylation sites (tertiary alicyclic amines) is 1. The number of carbonyl (C=O) groups is 2. The Kier molecular flexibility index (Phi) is 3.65. The normalized spacial score (nSPS) is 18.8. The number of ether oxygens (including phenoxy) is 1. The molecule has 0 aliphatic carbocycles. The van der Waals surface area contributed by atoms with Crippen molar-refractivity contribution in [1.29, 1.82) is 0 Å². The summed E-state index contributed by atoms with van der Waals surface area (Å²) in [4.78, 5) is 25.4. The molecule has 1 aromatic carbocycles. The highest BCUT2D eigenvalue weighted by Gasteiger charge is 2.31. The van der Waals surface area contributed by atoms with E-state index in [0.717, 1.165) is 5.56 Å². The van der Waals surface area contributed by atoms with Crippen LogP contribution in [0.3, 0.4) is 0 Å². The van der Waals surface area contributed by atoms with Crippen molar-refractivity contribution in [3.63, 3.8) is 0 Å². The Labute approximate surface area is 107 Å². The second-order valence-corrected chi connectivity index (χ2v) is 4.63. The van der Waals surface area contributed by atoms with Crippen LogP contribution < -0.4 is 0 Å². The number of benzene rings is 1. The first-order chi connectivity index (χ1) is 8.61. The second kappa shape index (κ2) is 5.21. The van der Waals surface area contributed by atoms with Crippen LogP contribution in [0.15, 0.2) is 24.3 Å². The van der Waals surface area contributed by atoms with Crippen molar-refractivity contribution in [2.24, 2.45) is 5.92 Å². The van der Waals surface area contributed by atoms with Crippen LogP contribution in [0.2, 0.25) is 0 Å². The number of nitrogens with zero attached hydrogens (tertiary/aromatic N) is 1. The topological polar surface area (TPSA) is 46.6 Å². The number of carbonyl (C=O) groups excluding carboxylic acids is 2. The molecular formula is C14H17NO3. The number of hydrogen-bond donors (Lipinski definition) is 0. The van der Waals surface area contributed by atoms with Crippen molar-refractivity contribution in [2.75, 3.05) is 20.2 Å². The van der Waals surface area contributed by atoms with E-state index in [4.69, 9.17) is 4.74 Å². The standard InChI is InChI=1S/C14H17NO3/c1-10-4-3-5-11(8-10)13(16)15-7-6-12(9-15)14(17)18-2/h3-5,8,12H,6-7,9H2,1-2H3. The van der Waals surface area contributed by atoms with Crippen molar-refractivity contribution in [2.45, 2.75) is 13.3 Å². The highest BCUT2D eigenvalue weighted by molar-refractivity contribution is 5.95. The number of methoxy groups -OCH3 is 1. The van der Waals surface area contributed by atoms with Crippen LogP contribution >= 0.6 is 0 Å². The van der Waals surface area contributed by atoms with Gasteiger partial charge in [0, 0.05) is 18.7 Å². The minimum atomic E-state index is -0.227.